The molecule has 0 spiro atoms. The Morgan fingerprint density at radius 3 is 2.43 bits per heavy atom. The van der Waals surface area contributed by atoms with E-state index in [2.05, 4.69) is 15.4 Å². The summed E-state index contributed by atoms with van der Waals surface area (Å²) < 4.78 is 4.58. The predicted molar refractivity (Wildman–Crippen MR) is 79.7 cm³/mol. The van der Waals surface area contributed by atoms with Crippen molar-refractivity contribution in [2.75, 3.05) is 12.9 Å². The second kappa shape index (κ2) is 8.60. The molecule has 0 saturated carbocycles. The van der Waals surface area contributed by atoms with Gasteiger partial charge >= 0.3 is 18.0 Å². The summed E-state index contributed by atoms with van der Waals surface area (Å²) in [4.78, 5) is 33.1. The molecule has 1 fully saturated rings. The lowest BCUT2D eigenvalue weighted by Gasteiger charge is -2.24. The number of ether oxygens (including phenoxy) is 1. The monoisotopic (exact) mass is 318 g/mol. The Hall–Kier alpha value is -1.64. The Morgan fingerprint density at radius 1 is 1.19 bits per heavy atom. The number of rotatable bonds is 7. The number of esters is 1. The van der Waals surface area contributed by atoms with Gasteiger partial charge in [0.25, 0.3) is 0 Å². The van der Waals surface area contributed by atoms with Gasteiger partial charge in [-0.25, -0.2) is 9.59 Å². The first-order chi connectivity index (χ1) is 9.93. The van der Waals surface area contributed by atoms with E-state index < -0.39 is 12.1 Å². The van der Waals surface area contributed by atoms with Crippen LogP contribution < -0.4 is 22.1 Å². The number of carbonyl (C=O) groups is 3. The number of nitrogens with one attached hydrogen (secondary N) is 2. The molecule has 1 heterocycles. The van der Waals surface area contributed by atoms with E-state index in [9.17, 15) is 14.4 Å². The van der Waals surface area contributed by atoms with Crippen molar-refractivity contribution in [3.8, 4) is 0 Å². The van der Waals surface area contributed by atoms with Crippen LogP contribution in [0.25, 0.3) is 0 Å². The van der Waals surface area contributed by atoms with Crippen LogP contribution in [0, 0.1) is 0 Å². The van der Waals surface area contributed by atoms with Crippen LogP contribution in [0.4, 0.5) is 9.59 Å². The van der Waals surface area contributed by atoms with Gasteiger partial charge in [0, 0.05) is 17.4 Å². The Kier molecular flexibility index (Phi) is 7.13. The molecule has 0 radical (unpaired) electrons. The minimum Gasteiger partial charge on any atom is -0.469 e. The molecule has 0 aliphatic carbocycles. The van der Waals surface area contributed by atoms with Gasteiger partial charge in [0.1, 0.15) is 0 Å². The average Bonchev–Trinajstić information content (AvgIpc) is 2.75. The number of amides is 4. The third-order valence-corrected chi connectivity index (χ3v) is 4.82. The molecule has 0 unspecified atom stereocenters. The van der Waals surface area contributed by atoms with Crippen LogP contribution in [-0.4, -0.2) is 48.2 Å². The molecule has 1 aliphatic heterocycles. The summed E-state index contributed by atoms with van der Waals surface area (Å²) in [5.74, 6) is 0.435. The zero-order valence-electron chi connectivity index (χ0n) is 12.0. The van der Waals surface area contributed by atoms with Crippen molar-refractivity contribution in [3.63, 3.8) is 0 Å². The third kappa shape index (κ3) is 6.11. The maximum Gasteiger partial charge on any atom is 0.312 e. The largest absolute Gasteiger partial charge is 0.469 e. The van der Waals surface area contributed by atoms with Crippen molar-refractivity contribution in [3.05, 3.63) is 0 Å². The molecule has 1 saturated heterocycles. The van der Waals surface area contributed by atoms with Gasteiger partial charge in [0.15, 0.2) is 0 Å². The Morgan fingerprint density at radius 2 is 1.86 bits per heavy atom. The number of methoxy groups -OCH3 is 1. The zero-order chi connectivity index (χ0) is 15.8. The van der Waals surface area contributed by atoms with Crippen molar-refractivity contribution in [1.29, 1.82) is 0 Å². The number of hydrogen-bond acceptors (Lipinski definition) is 5. The van der Waals surface area contributed by atoms with Gasteiger partial charge in [-0.3, -0.25) is 4.79 Å². The molecule has 0 bridgehead atoms. The summed E-state index contributed by atoms with van der Waals surface area (Å²) >= 11 is 1.65. The number of urea groups is 2. The van der Waals surface area contributed by atoms with Crippen molar-refractivity contribution >= 4 is 29.8 Å². The van der Waals surface area contributed by atoms with E-state index in [1.165, 1.54) is 7.11 Å². The van der Waals surface area contributed by atoms with Crippen molar-refractivity contribution in [2.45, 2.75) is 43.0 Å². The van der Waals surface area contributed by atoms with Crippen LogP contribution in [0.1, 0.15) is 25.7 Å². The summed E-state index contributed by atoms with van der Waals surface area (Å²) in [6.45, 7) is 0. The van der Waals surface area contributed by atoms with E-state index in [-0.39, 0.29) is 23.3 Å². The van der Waals surface area contributed by atoms with E-state index in [0.717, 1.165) is 19.3 Å². The fourth-order valence-electron chi connectivity index (χ4n) is 2.35. The lowest BCUT2D eigenvalue weighted by Crippen LogP contribution is -2.55. The number of carbonyl (C=O) groups excluding carboxylic acids is 3. The summed E-state index contributed by atoms with van der Waals surface area (Å²) in [5.41, 5.74) is 10.3. The first kappa shape index (κ1) is 17.4. The van der Waals surface area contributed by atoms with Gasteiger partial charge in [0.05, 0.1) is 19.2 Å². The molecular weight excluding hydrogens is 296 g/mol. The molecule has 1 aliphatic rings. The first-order valence-electron chi connectivity index (χ1n) is 6.74. The van der Waals surface area contributed by atoms with Crippen LogP contribution >= 0.6 is 11.8 Å². The maximum atomic E-state index is 11.1. The van der Waals surface area contributed by atoms with Crippen molar-refractivity contribution in [1.82, 2.24) is 10.6 Å². The zero-order valence-corrected chi connectivity index (χ0v) is 12.8. The minimum absolute atomic E-state index is 0.131. The molecule has 3 atom stereocenters. The van der Waals surface area contributed by atoms with E-state index >= 15 is 0 Å². The number of unbranched alkanes of at least 4 members (excludes halogenated alkanes) is 1. The highest BCUT2D eigenvalue weighted by molar-refractivity contribution is 8.00. The molecule has 0 aromatic rings. The normalized spacial score (nSPS) is 24.3. The summed E-state index contributed by atoms with van der Waals surface area (Å²) in [6, 6.07) is -1.73. The van der Waals surface area contributed by atoms with Crippen LogP contribution in [0.5, 0.6) is 0 Å². The van der Waals surface area contributed by atoms with Crippen LogP contribution in [0.15, 0.2) is 0 Å². The third-order valence-electron chi connectivity index (χ3n) is 3.31. The number of thioether (sulfide) groups is 1. The summed E-state index contributed by atoms with van der Waals surface area (Å²) in [6.07, 6.45) is 2.74. The lowest BCUT2D eigenvalue weighted by atomic mass is 10.0. The Balaban J connectivity index is 2.45. The van der Waals surface area contributed by atoms with Gasteiger partial charge in [-0.15, -0.1) is 0 Å². The van der Waals surface area contributed by atoms with Gasteiger partial charge in [-0.1, -0.05) is 6.42 Å². The average molecular weight is 318 g/mol. The summed E-state index contributed by atoms with van der Waals surface area (Å²) in [5, 5.41) is 5.41. The van der Waals surface area contributed by atoms with Gasteiger partial charge in [-0.2, -0.15) is 11.8 Å². The molecule has 0 aromatic heterocycles. The molecule has 8 nitrogen and oxygen atoms in total. The second-order valence-corrected chi connectivity index (χ2v) is 6.12. The highest BCUT2D eigenvalue weighted by atomic mass is 32.2. The molecule has 21 heavy (non-hydrogen) atoms. The van der Waals surface area contributed by atoms with Gasteiger partial charge < -0.3 is 26.8 Å². The van der Waals surface area contributed by atoms with Crippen molar-refractivity contribution < 1.29 is 19.1 Å². The van der Waals surface area contributed by atoms with Crippen LogP contribution in [0.2, 0.25) is 0 Å². The molecule has 1 rings (SSSR count). The fraction of sp³-hybridized carbons (Fsp3) is 0.750. The van der Waals surface area contributed by atoms with E-state index in [4.69, 9.17) is 11.5 Å². The molecular formula is C12H22N4O4S. The molecule has 0 aromatic carbocycles. The van der Waals surface area contributed by atoms with Gasteiger partial charge in [-0.05, 0) is 12.8 Å². The molecule has 4 amide bonds. The summed E-state index contributed by atoms with van der Waals surface area (Å²) in [7, 11) is 1.36. The van der Waals surface area contributed by atoms with Gasteiger partial charge in [0.2, 0.25) is 0 Å². The lowest BCUT2D eigenvalue weighted by molar-refractivity contribution is -0.140. The predicted octanol–water partition coefficient (Wildman–Crippen LogP) is -0.0910. The fourth-order valence-corrected chi connectivity index (χ4v) is 3.89. The Bertz CT molecular complexity index is 393. The highest BCUT2D eigenvalue weighted by Gasteiger charge is 2.37. The van der Waals surface area contributed by atoms with Crippen LogP contribution in [-0.2, 0) is 9.53 Å². The SMILES string of the molecule is COC(=O)CCCC[C@@H]1SC[C@@H](NC(N)=O)[C@@H]1NC(N)=O. The van der Waals surface area contributed by atoms with Crippen LogP contribution in [0.3, 0.4) is 0 Å². The van der Waals surface area contributed by atoms with Crippen molar-refractivity contribution in [2.24, 2.45) is 11.5 Å². The minimum atomic E-state index is -0.627. The number of primary amides is 2. The quantitative estimate of drug-likeness (QED) is 0.384. The Labute approximate surface area is 127 Å². The van der Waals surface area contributed by atoms with E-state index in [1.807, 2.05) is 0 Å². The smallest absolute Gasteiger partial charge is 0.312 e. The maximum absolute atomic E-state index is 11.1. The highest BCUT2D eigenvalue weighted by Crippen LogP contribution is 2.31. The van der Waals surface area contributed by atoms with E-state index in [0.29, 0.717) is 12.2 Å². The molecule has 6 N–H and O–H groups in total. The first-order valence-corrected chi connectivity index (χ1v) is 7.79. The standard InChI is InChI=1S/C12H22N4O4S/c1-20-9(17)5-3-2-4-8-10(16-12(14)19)7(6-21-8)15-11(13)18/h7-8,10H,2-6H2,1H3,(H3,13,15,18)(H3,14,16,19)/t7-,8+,10+/m1/s1. The molecule has 120 valence electrons. The number of hydrogen-bond donors (Lipinski definition) is 4. The topological polar surface area (TPSA) is 137 Å². The van der Waals surface area contributed by atoms with E-state index in [1.54, 1.807) is 11.8 Å². The second-order valence-electron chi connectivity index (χ2n) is 4.84. The number of nitrogens with two attached hydrogens (primary N) is 2. The molecule has 9 heteroatoms.